The molecule has 2 aromatic rings. The van der Waals surface area contributed by atoms with Crippen molar-refractivity contribution in [2.75, 3.05) is 32.7 Å². The van der Waals surface area contributed by atoms with Crippen molar-refractivity contribution >= 4 is 9.84 Å². The van der Waals surface area contributed by atoms with Gasteiger partial charge in [-0.05, 0) is 35.6 Å². The smallest absolute Gasteiger partial charge is 0.210 e. The van der Waals surface area contributed by atoms with Gasteiger partial charge in [-0.15, -0.1) is 5.10 Å². The molecule has 9 heteroatoms. The molecule has 0 unspecified atom stereocenters. The molecule has 158 valence electrons. The maximum atomic E-state index is 12.9. The van der Waals surface area contributed by atoms with Crippen LogP contribution in [0.5, 0.6) is 0 Å². The molecule has 2 heterocycles. The highest BCUT2D eigenvalue weighted by Crippen LogP contribution is 2.17. The summed E-state index contributed by atoms with van der Waals surface area (Å²) in [7, 11) is -3.52. The minimum absolute atomic E-state index is 0.105. The third-order valence-corrected chi connectivity index (χ3v) is 7.22. The number of hydrogen-bond donors (Lipinski definition) is 2. The maximum Gasteiger partial charge on any atom is 0.210 e. The van der Waals surface area contributed by atoms with Gasteiger partial charge in [-0.25, -0.2) is 13.1 Å². The summed E-state index contributed by atoms with van der Waals surface area (Å²) in [6.45, 7) is 13.1. The number of aryl methyl sites for hydroxylation is 1. The second kappa shape index (κ2) is 9.60. The molecule has 0 spiro atoms. The predicted molar refractivity (Wildman–Crippen MR) is 110 cm³/mol. The van der Waals surface area contributed by atoms with E-state index in [2.05, 4.69) is 29.0 Å². The fourth-order valence-corrected chi connectivity index (χ4v) is 5.23. The Morgan fingerprint density at radius 2 is 1.90 bits per heavy atom. The number of aromatic nitrogens is 4. The van der Waals surface area contributed by atoms with E-state index in [0.717, 1.165) is 51.1 Å². The van der Waals surface area contributed by atoms with Crippen molar-refractivity contribution < 1.29 is 18.2 Å². The number of quaternary nitrogens is 2. The number of sulfone groups is 1. The lowest BCUT2D eigenvalue weighted by Gasteiger charge is -2.33. The van der Waals surface area contributed by atoms with E-state index >= 15 is 0 Å². The third kappa shape index (κ3) is 5.29. The molecule has 3 rings (SSSR count). The lowest BCUT2D eigenvalue weighted by atomic mass is 10.1. The molecule has 8 nitrogen and oxygen atoms in total. The van der Waals surface area contributed by atoms with Gasteiger partial charge in [0.05, 0.1) is 11.4 Å². The largest absolute Gasteiger partial charge is 0.322 e. The Hall–Kier alpha value is -2.10. The molecule has 0 saturated carbocycles. The van der Waals surface area contributed by atoms with E-state index in [9.17, 15) is 8.42 Å². The predicted octanol–water partition coefficient (Wildman–Crippen LogP) is -0.776. The fraction of sp³-hybridized carbons (Fsp3) is 0.550. The summed E-state index contributed by atoms with van der Waals surface area (Å²) in [5, 5.41) is 12.1. The monoisotopic (exact) mass is 420 g/mol. The Balaban J connectivity index is 1.79. The normalized spacial score (nSPS) is 21.0. The zero-order valence-electron chi connectivity index (χ0n) is 17.3. The van der Waals surface area contributed by atoms with E-state index in [1.165, 1.54) is 9.58 Å². The number of tetrazole rings is 1. The SMILES string of the molecule is C=CC[NH+]1CC[NH+]([C@H](CCC)c2nnnn2CS(=O)(=O)c2ccc(C)cc2)CC1. The van der Waals surface area contributed by atoms with Crippen molar-refractivity contribution in [3.05, 3.63) is 48.3 Å². The number of piperazine rings is 1. The summed E-state index contributed by atoms with van der Waals surface area (Å²) in [5.41, 5.74) is 1.02. The molecule has 29 heavy (non-hydrogen) atoms. The molecule has 2 N–H and O–H groups in total. The van der Waals surface area contributed by atoms with Gasteiger partial charge in [0.15, 0.2) is 15.7 Å². The van der Waals surface area contributed by atoms with Crippen LogP contribution >= 0.6 is 0 Å². The van der Waals surface area contributed by atoms with E-state index in [1.807, 2.05) is 25.1 Å². The third-order valence-electron chi connectivity index (χ3n) is 5.65. The lowest BCUT2D eigenvalue weighted by molar-refractivity contribution is -1.03. The summed E-state index contributed by atoms with van der Waals surface area (Å²) < 4.78 is 27.3. The van der Waals surface area contributed by atoms with Crippen LogP contribution in [0, 0.1) is 6.92 Å². The van der Waals surface area contributed by atoms with E-state index in [-0.39, 0.29) is 11.9 Å². The molecule has 0 aliphatic carbocycles. The molecule has 1 aliphatic rings. The maximum absolute atomic E-state index is 12.9. The zero-order chi connectivity index (χ0) is 20.9. The van der Waals surface area contributed by atoms with Crippen LogP contribution in [0.3, 0.4) is 0 Å². The second-order valence-corrected chi connectivity index (χ2v) is 9.79. The van der Waals surface area contributed by atoms with Crippen LogP contribution in [0.1, 0.15) is 37.2 Å². The highest BCUT2D eigenvalue weighted by molar-refractivity contribution is 7.90. The Labute approximate surface area is 173 Å². The molecular weight excluding hydrogens is 388 g/mol. The quantitative estimate of drug-likeness (QED) is 0.520. The Bertz CT molecular complexity index is 901. The standard InChI is InChI=1S/C20H30N6O2S/c1-4-6-19(25-14-12-24(11-5-2)13-15-25)20-21-22-23-26(20)16-29(27,28)18-9-7-17(3)8-10-18/h5,7-10,19H,2,4,6,11-16H2,1,3H3/p+2/t19-/m1/s1. The minimum atomic E-state index is -3.52. The average molecular weight is 421 g/mol. The van der Waals surface area contributed by atoms with Gasteiger partial charge >= 0.3 is 0 Å². The molecule has 1 aromatic carbocycles. The van der Waals surface area contributed by atoms with Gasteiger partial charge in [0.2, 0.25) is 5.82 Å². The zero-order valence-corrected chi connectivity index (χ0v) is 18.2. The van der Waals surface area contributed by atoms with Crippen LogP contribution in [0.15, 0.2) is 41.8 Å². The topological polar surface area (TPSA) is 86.6 Å². The molecule has 0 amide bonds. The number of rotatable bonds is 9. The Morgan fingerprint density at radius 1 is 1.21 bits per heavy atom. The summed E-state index contributed by atoms with van der Waals surface area (Å²) in [5.74, 6) is 0.435. The first kappa shape index (κ1) is 21.6. The van der Waals surface area contributed by atoms with E-state index in [0.29, 0.717) is 10.7 Å². The van der Waals surface area contributed by atoms with Gasteiger partial charge in [0.1, 0.15) is 32.2 Å². The first-order valence-electron chi connectivity index (χ1n) is 10.3. The molecule has 0 radical (unpaired) electrons. The van der Waals surface area contributed by atoms with Gasteiger partial charge in [-0.1, -0.05) is 37.6 Å². The molecule has 0 bridgehead atoms. The number of hydrogen-bond acceptors (Lipinski definition) is 5. The van der Waals surface area contributed by atoms with Gasteiger partial charge < -0.3 is 9.80 Å². The van der Waals surface area contributed by atoms with Crippen LogP contribution in [0.2, 0.25) is 0 Å². The van der Waals surface area contributed by atoms with Crippen molar-refractivity contribution in [3.8, 4) is 0 Å². The second-order valence-electron chi connectivity index (χ2n) is 7.84. The van der Waals surface area contributed by atoms with Gasteiger partial charge in [-0.3, -0.25) is 0 Å². The van der Waals surface area contributed by atoms with Crippen LogP contribution in [0.4, 0.5) is 0 Å². The molecule has 1 saturated heterocycles. The van der Waals surface area contributed by atoms with E-state index < -0.39 is 9.84 Å². The highest BCUT2D eigenvalue weighted by Gasteiger charge is 2.34. The van der Waals surface area contributed by atoms with Crippen LogP contribution in [-0.2, 0) is 15.7 Å². The van der Waals surface area contributed by atoms with Gasteiger partial charge in [0, 0.05) is 6.42 Å². The summed E-state index contributed by atoms with van der Waals surface area (Å²) in [4.78, 5) is 3.27. The Morgan fingerprint density at radius 3 is 2.52 bits per heavy atom. The summed E-state index contributed by atoms with van der Waals surface area (Å²) in [6, 6.07) is 7.01. The van der Waals surface area contributed by atoms with Gasteiger partial charge in [-0.2, -0.15) is 0 Å². The van der Waals surface area contributed by atoms with Crippen LogP contribution < -0.4 is 9.80 Å². The average Bonchev–Trinajstić information content (AvgIpc) is 3.14. The minimum Gasteiger partial charge on any atom is -0.322 e. The number of benzene rings is 1. The van der Waals surface area contributed by atoms with Crippen molar-refractivity contribution in [1.29, 1.82) is 0 Å². The molecule has 1 aromatic heterocycles. The first-order chi connectivity index (χ1) is 13.9. The number of nitrogens with zero attached hydrogens (tertiary/aromatic N) is 4. The van der Waals surface area contributed by atoms with Crippen molar-refractivity contribution in [1.82, 2.24) is 20.2 Å². The number of nitrogens with one attached hydrogen (secondary N) is 2. The molecular formula is C20H32N6O2S+2. The van der Waals surface area contributed by atoms with E-state index in [1.54, 1.807) is 17.0 Å². The van der Waals surface area contributed by atoms with Crippen molar-refractivity contribution in [2.45, 2.75) is 43.5 Å². The van der Waals surface area contributed by atoms with Crippen LogP contribution in [0.25, 0.3) is 0 Å². The first-order valence-corrected chi connectivity index (χ1v) is 11.9. The molecule has 1 atom stereocenters. The summed E-state index contributed by atoms with van der Waals surface area (Å²) >= 11 is 0. The van der Waals surface area contributed by atoms with Crippen molar-refractivity contribution in [2.24, 2.45) is 0 Å². The highest BCUT2D eigenvalue weighted by atomic mass is 32.2. The van der Waals surface area contributed by atoms with Gasteiger partial charge in [0.25, 0.3) is 0 Å². The molecule has 1 aliphatic heterocycles. The van der Waals surface area contributed by atoms with E-state index in [4.69, 9.17) is 0 Å². The molecule has 1 fully saturated rings. The summed E-state index contributed by atoms with van der Waals surface area (Å²) in [6.07, 6.45) is 3.90. The fourth-order valence-electron chi connectivity index (χ4n) is 4.02. The van der Waals surface area contributed by atoms with Crippen molar-refractivity contribution in [3.63, 3.8) is 0 Å². The van der Waals surface area contributed by atoms with Crippen LogP contribution in [-0.4, -0.2) is 61.3 Å². The Kier molecular flexibility index (Phi) is 7.15. The lowest BCUT2D eigenvalue weighted by Crippen LogP contribution is -3.28.